The van der Waals surface area contributed by atoms with E-state index in [1.165, 1.54) is 30.2 Å². The van der Waals surface area contributed by atoms with Crippen molar-refractivity contribution in [1.29, 1.82) is 0 Å². The predicted molar refractivity (Wildman–Crippen MR) is 95.5 cm³/mol. The first-order valence-electron chi connectivity index (χ1n) is 8.10. The Bertz CT molecular complexity index is 612. The van der Waals surface area contributed by atoms with Gasteiger partial charge in [-0.05, 0) is 23.8 Å². The summed E-state index contributed by atoms with van der Waals surface area (Å²) in [7, 11) is 1.71. The van der Waals surface area contributed by atoms with Crippen molar-refractivity contribution in [2.45, 2.75) is 13.2 Å². The highest BCUT2D eigenvalue weighted by Gasteiger charge is 2.15. The van der Waals surface area contributed by atoms with Crippen molar-refractivity contribution in [2.75, 3.05) is 31.7 Å². The Balaban J connectivity index is 1.64. The molecule has 1 aliphatic heterocycles. The summed E-state index contributed by atoms with van der Waals surface area (Å²) in [6, 6.07) is 16.5. The molecular weight excluding hydrogens is 306 g/mol. The molecule has 2 aromatic rings. The van der Waals surface area contributed by atoms with E-state index in [0.717, 1.165) is 23.6 Å². The minimum atomic E-state index is 0.561. The minimum absolute atomic E-state index is 0.561. The molecule has 0 amide bonds. The highest BCUT2D eigenvalue weighted by molar-refractivity contribution is 7.99. The van der Waals surface area contributed by atoms with Gasteiger partial charge in [-0.1, -0.05) is 30.3 Å². The highest BCUT2D eigenvalue weighted by Crippen LogP contribution is 2.28. The van der Waals surface area contributed by atoms with Gasteiger partial charge in [0.1, 0.15) is 13.2 Å². The second-order valence-corrected chi connectivity index (χ2v) is 7.02. The van der Waals surface area contributed by atoms with Crippen LogP contribution in [0.15, 0.2) is 48.5 Å². The van der Waals surface area contributed by atoms with Crippen LogP contribution in [0.3, 0.4) is 0 Å². The van der Waals surface area contributed by atoms with Crippen LogP contribution in [0.5, 0.6) is 11.5 Å². The van der Waals surface area contributed by atoms with Gasteiger partial charge < -0.3 is 14.4 Å². The number of ether oxygens (including phenoxy) is 2. The topological polar surface area (TPSA) is 22.9 Å². The molecule has 122 valence electrons. The lowest BCUT2D eigenvalue weighted by Crippen LogP contribution is -3.12. The van der Waals surface area contributed by atoms with Gasteiger partial charge in [0, 0.05) is 17.1 Å². The van der Waals surface area contributed by atoms with Crippen molar-refractivity contribution in [3.05, 3.63) is 59.7 Å². The Hall–Kier alpha value is -1.65. The van der Waals surface area contributed by atoms with E-state index in [-0.39, 0.29) is 0 Å². The molecule has 1 heterocycles. The number of hydrogen-bond donors (Lipinski definition) is 1. The monoisotopic (exact) mass is 330 g/mol. The number of quaternary nitrogens is 1. The fraction of sp³-hybridized carbons (Fsp3) is 0.368. The van der Waals surface area contributed by atoms with E-state index in [1.807, 2.05) is 24.3 Å². The van der Waals surface area contributed by atoms with Gasteiger partial charge in [0.15, 0.2) is 11.5 Å². The van der Waals surface area contributed by atoms with Crippen molar-refractivity contribution in [3.8, 4) is 11.5 Å². The summed E-state index contributed by atoms with van der Waals surface area (Å²) < 4.78 is 11.4. The second kappa shape index (κ2) is 8.27. The second-order valence-electron chi connectivity index (χ2n) is 5.80. The Morgan fingerprint density at radius 2 is 1.74 bits per heavy atom. The average molecular weight is 330 g/mol. The Morgan fingerprint density at radius 3 is 2.48 bits per heavy atom. The zero-order valence-corrected chi connectivity index (χ0v) is 14.4. The zero-order chi connectivity index (χ0) is 15.9. The molecule has 0 unspecified atom stereocenters. The maximum atomic E-state index is 5.92. The van der Waals surface area contributed by atoms with E-state index < -0.39 is 0 Å². The molecule has 0 saturated carbocycles. The first-order valence-corrected chi connectivity index (χ1v) is 9.25. The highest BCUT2D eigenvalue weighted by atomic mass is 32.2. The van der Waals surface area contributed by atoms with Crippen molar-refractivity contribution < 1.29 is 14.4 Å². The van der Waals surface area contributed by atoms with Crippen LogP contribution in [0.25, 0.3) is 0 Å². The summed E-state index contributed by atoms with van der Waals surface area (Å²) in [5.74, 6) is 4.17. The van der Waals surface area contributed by atoms with E-state index in [4.69, 9.17) is 9.47 Å². The zero-order valence-electron chi connectivity index (χ0n) is 13.6. The van der Waals surface area contributed by atoms with Gasteiger partial charge in [0.25, 0.3) is 0 Å². The molecule has 4 heteroatoms. The van der Waals surface area contributed by atoms with Crippen molar-refractivity contribution in [1.82, 2.24) is 0 Å². The van der Waals surface area contributed by atoms with Crippen LogP contribution in [0.4, 0.5) is 0 Å². The number of hydrogen-bond acceptors (Lipinski definition) is 3. The van der Waals surface area contributed by atoms with Crippen LogP contribution in [-0.2, 0) is 13.2 Å². The Kier molecular flexibility index (Phi) is 5.83. The number of benzene rings is 2. The molecule has 3 nitrogen and oxygen atoms in total. The Morgan fingerprint density at radius 1 is 0.957 bits per heavy atom. The number of nitrogens with one attached hydrogen (secondary N) is 1. The summed E-state index contributed by atoms with van der Waals surface area (Å²) >= 11 is 2.06. The lowest BCUT2D eigenvalue weighted by Gasteiger charge is -2.23. The molecule has 23 heavy (non-hydrogen) atoms. The van der Waals surface area contributed by atoms with Crippen molar-refractivity contribution in [2.24, 2.45) is 0 Å². The average Bonchev–Trinajstić information content (AvgIpc) is 2.62. The van der Waals surface area contributed by atoms with Crippen molar-refractivity contribution in [3.63, 3.8) is 0 Å². The van der Waals surface area contributed by atoms with Crippen LogP contribution in [0, 0.1) is 0 Å². The molecule has 0 radical (unpaired) electrons. The van der Waals surface area contributed by atoms with E-state index in [0.29, 0.717) is 6.61 Å². The molecule has 2 aromatic carbocycles. The first kappa shape index (κ1) is 16.2. The van der Waals surface area contributed by atoms with Gasteiger partial charge in [0.05, 0.1) is 20.2 Å². The van der Waals surface area contributed by atoms with Crippen LogP contribution >= 0.6 is 11.8 Å². The maximum absolute atomic E-state index is 5.92. The first-order chi connectivity index (χ1) is 11.3. The van der Waals surface area contributed by atoms with E-state index in [9.17, 15) is 0 Å². The van der Waals surface area contributed by atoms with Crippen molar-refractivity contribution >= 4 is 11.8 Å². The lowest BCUT2D eigenvalue weighted by atomic mass is 10.2. The fourth-order valence-electron chi connectivity index (χ4n) is 2.80. The summed E-state index contributed by atoms with van der Waals surface area (Å²) in [6.07, 6.45) is 0. The molecule has 0 spiro atoms. The maximum Gasteiger partial charge on any atom is 0.161 e. The SMILES string of the molecule is COc1cc(C[NH+]2CCSCC2)ccc1OCc1ccccc1. The van der Waals surface area contributed by atoms with E-state index >= 15 is 0 Å². The van der Waals surface area contributed by atoms with Gasteiger partial charge in [-0.25, -0.2) is 0 Å². The summed E-state index contributed by atoms with van der Waals surface area (Å²) in [5, 5.41) is 0. The third-order valence-electron chi connectivity index (χ3n) is 4.12. The normalized spacial score (nSPS) is 15.3. The summed E-state index contributed by atoms with van der Waals surface area (Å²) in [4.78, 5) is 1.66. The third kappa shape index (κ3) is 4.66. The molecule has 1 aliphatic rings. The van der Waals surface area contributed by atoms with Crippen LogP contribution in [0.2, 0.25) is 0 Å². The largest absolute Gasteiger partial charge is 0.493 e. The molecule has 1 saturated heterocycles. The quantitative estimate of drug-likeness (QED) is 0.880. The minimum Gasteiger partial charge on any atom is -0.493 e. The van der Waals surface area contributed by atoms with Gasteiger partial charge >= 0.3 is 0 Å². The number of methoxy groups -OCH3 is 1. The molecule has 0 atom stereocenters. The van der Waals surface area contributed by atoms with Gasteiger partial charge in [-0.2, -0.15) is 11.8 Å². The third-order valence-corrected chi connectivity index (χ3v) is 5.10. The Labute approximate surface area is 142 Å². The lowest BCUT2D eigenvalue weighted by molar-refractivity contribution is -0.910. The molecule has 0 bridgehead atoms. The van der Waals surface area contributed by atoms with Gasteiger partial charge in [-0.3, -0.25) is 0 Å². The van der Waals surface area contributed by atoms with Crippen LogP contribution < -0.4 is 14.4 Å². The van der Waals surface area contributed by atoms with E-state index in [1.54, 1.807) is 12.0 Å². The molecular formula is C19H24NO2S+. The standard InChI is InChI=1S/C19H23NO2S/c1-21-19-13-17(14-20-9-11-23-12-10-20)7-8-18(19)22-15-16-5-3-2-4-6-16/h2-8,13H,9-12,14-15H2,1H3/p+1. The van der Waals surface area contributed by atoms with Crippen LogP contribution in [-0.4, -0.2) is 31.7 Å². The molecule has 0 aliphatic carbocycles. The number of thioether (sulfide) groups is 1. The molecule has 3 rings (SSSR count). The smallest absolute Gasteiger partial charge is 0.161 e. The summed E-state index contributed by atoms with van der Waals surface area (Å²) in [6.45, 7) is 4.12. The summed E-state index contributed by atoms with van der Waals surface area (Å²) in [5.41, 5.74) is 2.48. The predicted octanol–water partition coefficient (Wildman–Crippen LogP) is 2.41. The molecule has 1 N–H and O–H groups in total. The van der Waals surface area contributed by atoms with Gasteiger partial charge in [0.2, 0.25) is 0 Å². The fourth-order valence-corrected chi connectivity index (χ4v) is 3.87. The van der Waals surface area contributed by atoms with E-state index in [2.05, 4.69) is 36.0 Å². The molecule has 1 fully saturated rings. The molecule has 0 aromatic heterocycles. The van der Waals surface area contributed by atoms with Gasteiger partial charge in [-0.15, -0.1) is 0 Å². The number of rotatable bonds is 6. The van der Waals surface area contributed by atoms with Crippen LogP contribution in [0.1, 0.15) is 11.1 Å².